The maximum absolute atomic E-state index is 12.6. The van der Waals surface area contributed by atoms with Gasteiger partial charge in [0, 0.05) is 38.6 Å². The summed E-state index contributed by atoms with van der Waals surface area (Å²) in [6.45, 7) is 5.32. The lowest BCUT2D eigenvalue weighted by atomic mass is 10.0. The molecule has 32 heavy (non-hydrogen) atoms. The molecule has 10 heteroatoms. The van der Waals surface area contributed by atoms with Crippen molar-refractivity contribution in [3.63, 3.8) is 0 Å². The summed E-state index contributed by atoms with van der Waals surface area (Å²) in [6.07, 6.45) is 3.35. The third-order valence-corrected chi connectivity index (χ3v) is 5.46. The van der Waals surface area contributed by atoms with Gasteiger partial charge in [-0.15, -0.1) is 0 Å². The Balaban J connectivity index is 1.50. The molecule has 2 heterocycles. The Morgan fingerprint density at radius 2 is 1.72 bits per heavy atom. The molecular weight excluding hydrogens is 434 g/mol. The third-order valence-electron chi connectivity index (χ3n) is 5.13. The minimum Gasteiger partial charge on any atom is -0.454 e. The number of carbonyl (C=O) groups excluding carboxylic acids is 3. The van der Waals surface area contributed by atoms with Crippen molar-refractivity contribution in [1.82, 2.24) is 20.2 Å². The van der Waals surface area contributed by atoms with Gasteiger partial charge in [0.15, 0.2) is 6.61 Å². The summed E-state index contributed by atoms with van der Waals surface area (Å²) in [5, 5.41) is 2.95. The molecule has 1 aliphatic heterocycles. The van der Waals surface area contributed by atoms with Gasteiger partial charge in [-0.3, -0.25) is 9.59 Å². The van der Waals surface area contributed by atoms with Gasteiger partial charge in [-0.2, -0.15) is 0 Å². The van der Waals surface area contributed by atoms with E-state index in [1.807, 2.05) is 4.90 Å². The summed E-state index contributed by atoms with van der Waals surface area (Å²) >= 11 is 6.06. The zero-order valence-electron chi connectivity index (χ0n) is 18.0. The van der Waals surface area contributed by atoms with E-state index in [4.69, 9.17) is 16.3 Å². The zero-order valence-corrected chi connectivity index (χ0v) is 18.8. The van der Waals surface area contributed by atoms with Crippen molar-refractivity contribution < 1.29 is 19.1 Å². The highest BCUT2D eigenvalue weighted by Crippen LogP contribution is 2.16. The first-order valence-corrected chi connectivity index (χ1v) is 10.8. The van der Waals surface area contributed by atoms with Crippen LogP contribution in [0.3, 0.4) is 0 Å². The molecule has 1 aromatic carbocycles. The number of carbonyl (C=O) groups is 3. The van der Waals surface area contributed by atoms with Crippen LogP contribution in [0.1, 0.15) is 24.2 Å². The SMILES string of the molecule is CC(C)[C@H](NC(=O)c1ccccc1Cl)C(=O)OCC(=O)N1CCN(c2ncccn2)CC1. The van der Waals surface area contributed by atoms with Crippen molar-refractivity contribution in [1.29, 1.82) is 0 Å². The number of nitrogens with one attached hydrogen (secondary N) is 1. The summed E-state index contributed by atoms with van der Waals surface area (Å²) in [7, 11) is 0. The van der Waals surface area contributed by atoms with Gasteiger partial charge < -0.3 is 19.9 Å². The Hall–Kier alpha value is -3.20. The summed E-state index contributed by atoms with van der Waals surface area (Å²) < 4.78 is 5.24. The fourth-order valence-electron chi connectivity index (χ4n) is 3.29. The average molecular weight is 460 g/mol. The Kier molecular flexibility index (Phi) is 7.99. The molecule has 0 radical (unpaired) electrons. The van der Waals surface area contributed by atoms with Crippen molar-refractivity contribution in [2.24, 2.45) is 5.92 Å². The van der Waals surface area contributed by atoms with E-state index in [0.717, 1.165) is 0 Å². The van der Waals surface area contributed by atoms with Crippen LogP contribution in [-0.4, -0.2) is 71.5 Å². The number of hydrogen-bond donors (Lipinski definition) is 1. The van der Waals surface area contributed by atoms with Crippen LogP contribution in [0.5, 0.6) is 0 Å². The van der Waals surface area contributed by atoms with E-state index in [1.54, 1.807) is 61.5 Å². The molecule has 0 saturated carbocycles. The van der Waals surface area contributed by atoms with Crippen molar-refractivity contribution >= 4 is 35.3 Å². The normalized spacial score (nSPS) is 14.8. The maximum atomic E-state index is 12.6. The van der Waals surface area contributed by atoms with E-state index < -0.39 is 17.9 Å². The average Bonchev–Trinajstić information content (AvgIpc) is 2.81. The van der Waals surface area contributed by atoms with Crippen LogP contribution < -0.4 is 10.2 Å². The largest absolute Gasteiger partial charge is 0.454 e. The Labute approximate surface area is 191 Å². The van der Waals surface area contributed by atoms with Gasteiger partial charge in [0.25, 0.3) is 11.8 Å². The van der Waals surface area contributed by atoms with Gasteiger partial charge >= 0.3 is 5.97 Å². The molecular formula is C22H26ClN5O4. The molecule has 0 spiro atoms. The van der Waals surface area contributed by atoms with E-state index in [2.05, 4.69) is 15.3 Å². The molecule has 2 amide bonds. The van der Waals surface area contributed by atoms with Crippen LogP contribution in [0.25, 0.3) is 0 Å². The number of esters is 1. The fraction of sp³-hybridized carbons (Fsp3) is 0.409. The Morgan fingerprint density at radius 3 is 2.34 bits per heavy atom. The first-order valence-electron chi connectivity index (χ1n) is 10.4. The predicted octanol–water partition coefficient (Wildman–Crippen LogP) is 1.78. The van der Waals surface area contributed by atoms with Crippen LogP contribution in [0, 0.1) is 5.92 Å². The lowest BCUT2D eigenvalue weighted by molar-refractivity contribution is -0.154. The number of benzene rings is 1. The van der Waals surface area contributed by atoms with E-state index >= 15 is 0 Å². The number of piperazine rings is 1. The van der Waals surface area contributed by atoms with E-state index in [-0.39, 0.29) is 29.0 Å². The fourth-order valence-corrected chi connectivity index (χ4v) is 3.51. The monoisotopic (exact) mass is 459 g/mol. The van der Waals surface area contributed by atoms with Crippen LogP contribution in [0.15, 0.2) is 42.7 Å². The first-order chi connectivity index (χ1) is 15.4. The highest BCUT2D eigenvalue weighted by Gasteiger charge is 2.29. The van der Waals surface area contributed by atoms with Gasteiger partial charge in [-0.1, -0.05) is 37.6 Å². The van der Waals surface area contributed by atoms with Crippen LogP contribution in [-0.2, 0) is 14.3 Å². The Bertz CT molecular complexity index is 948. The van der Waals surface area contributed by atoms with Gasteiger partial charge in [0.2, 0.25) is 5.95 Å². The molecule has 1 fully saturated rings. The molecule has 2 aromatic rings. The number of hydrogen-bond acceptors (Lipinski definition) is 7. The molecule has 1 aromatic heterocycles. The van der Waals surface area contributed by atoms with E-state index in [9.17, 15) is 14.4 Å². The molecule has 3 rings (SSSR count). The molecule has 1 N–H and O–H groups in total. The number of halogens is 1. The summed E-state index contributed by atoms with van der Waals surface area (Å²) in [4.78, 5) is 49.7. The topological polar surface area (TPSA) is 105 Å². The summed E-state index contributed by atoms with van der Waals surface area (Å²) in [6, 6.07) is 7.42. The predicted molar refractivity (Wildman–Crippen MR) is 119 cm³/mol. The van der Waals surface area contributed by atoms with Gasteiger partial charge in [0.1, 0.15) is 6.04 Å². The highest BCUT2D eigenvalue weighted by molar-refractivity contribution is 6.33. The number of ether oxygens (including phenoxy) is 1. The second-order valence-electron chi connectivity index (χ2n) is 7.70. The summed E-state index contributed by atoms with van der Waals surface area (Å²) in [5.74, 6) is -1.03. The molecule has 1 atom stereocenters. The number of rotatable bonds is 7. The standard InChI is InChI=1S/C22H26ClN5O4/c1-15(2)19(26-20(30)16-6-3-4-7-17(16)23)21(31)32-14-18(29)27-10-12-28(13-11-27)22-24-8-5-9-25-22/h3-9,15,19H,10-14H2,1-2H3,(H,26,30)/t19-/m0/s1. The number of aromatic nitrogens is 2. The molecule has 0 unspecified atom stereocenters. The van der Waals surface area contributed by atoms with Crippen LogP contribution in [0.2, 0.25) is 5.02 Å². The molecule has 1 aliphatic rings. The number of nitrogens with zero attached hydrogens (tertiary/aromatic N) is 4. The first kappa shape index (κ1) is 23.5. The smallest absolute Gasteiger partial charge is 0.329 e. The van der Waals surface area contributed by atoms with E-state index in [1.165, 1.54) is 0 Å². The highest BCUT2D eigenvalue weighted by atomic mass is 35.5. The second-order valence-corrected chi connectivity index (χ2v) is 8.11. The lowest BCUT2D eigenvalue weighted by Crippen LogP contribution is -2.51. The van der Waals surface area contributed by atoms with Gasteiger partial charge in [-0.05, 0) is 24.1 Å². The number of anilines is 1. The van der Waals surface area contributed by atoms with Gasteiger partial charge in [-0.25, -0.2) is 14.8 Å². The molecule has 9 nitrogen and oxygen atoms in total. The van der Waals surface area contributed by atoms with Crippen molar-refractivity contribution in [3.05, 3.63) is 53.3 Å². The minimum atomic E-state index is -0.904. The molecule has 1 saturated heterocycles. The number of amides is 2. The van der Waals surface area contributed by atoms with Crippen molar-refractivity contribution in [3.8, 4) is 0 Å². The second kappa shape index (κ2) is 10.9. The lowest BCUT2D eigenvalue weighted by Gasteiger charge is -2.34. The van der Waals surface area contributed by atoms with Crippen molar-refractivity contribution in [2.45, 2.75) is 19.9 Å². The molecule has 0 aliphatic carbocycles. The molecule has 0 bridgehead atoms. The van der Waals surface area contributed by atoms with Gasteiger partial charge in [0.05, 0.1) is 10.6 Å². The van der Waals surface area contributed by atoms with E-state index in [0.29, 0.717) is 32.1 Å². The van der Waals surface area contributed by atoms with Crippen molar-refractivity contribution in [2.75, 3.05) is 37.7 Å². The molecule has 170 valence electrons. The maximum Gasteiger partial charge on any atom is 0.329 e. The summed E-state index contributed by atoms with van der Waals surface area (Å²) in [5.41, 5.74) is 0.268. The quantitative estimate of drug-likeness (QED) is 0.629. The van der Waals surface area contributed by atoms with Crippen LogP contribution in [0.4, 0.5) is 5.95 Å². The third kappa shape index (κ3) is 5.94. The zero-order chi connectivity index (χ0) is 23.1. The minimum absolute atomic E-state index is 0.238. The van der Waals surface area contributed by atoms with Crippen LogP contribution >= 0.6 is 11.6 Å². The Morgan fingerprint density at radius 1 is 1.06 bits per heavy atom.